The van der Waals surface area contributed by atoms with Crippen LogP contribution < -0.4 is 5.32 Å². The van der Waals surface area contributed by atoms with Crippen molar-refractivity contribution in [3.63, 3.8) is 0 Å². The van der Waals surface area contributed by atoms with Crippen LogP contribution in [0.4, 0.5) is 0 Å². The van der Waals surface area contributed by atoms with Crippen molar-refractivity contribution in [1.82, 2.24) is 5.32 Å². The Morgan fingerprint density at radius 2 is 2.29 bits per heavy atom. The van der Waals surface area contributed by atoms with E-state index in [1.807, 2.05) is 11.3 Å². The Balaban J connectivity index is 1.53. The van der Waals surface area contributed by atoms with Crippen LogP contribution in [0, 0.1) is 0 Å². The third-order valence-corrected chi connectivity index (χ3v) is 5.03. The van der Waals surface area contributed by atoms with E-state index >= 15 is 0 Å². The molecule has 3 rings (SSSR count). The van der Waals surface area contributed by atoms with Gasteiger partial charge in [-0.25, -0.2) is 0 Å². The maximum atomic E-state index is 6.06. The van der Waals surface area contributed by atoms with E-state index in [1.54, 1.807) is 0 Å². The van der Waals surface area contributed by atoms with E-state index in [9.17, 15) is 0 Å². The summed E-state index contributed by atoms with van der Waals surface area (Å²) in [6.07, 6.45) is 7.68. The van der Waals surface area contributed by atoms with Crippen LogP contribution in [0.3, 0.4) is 0 Å². The van der Waals surface area contributed by atoms with Crippen LogP contribution in [0.15, 0.2) is 17.5 Å². The number of thiophene rings is 1. The van der Waals surface area contributed by atoms with Crippen molar-refractivity contribution in [3.8, 4) is 0 Å². The van der Waals surface area contributed by atoms with Crippen molar-refractivity contribution in [2.75, 3.05) is 6.61 Å². The lowest BCUT2D eigenvalue weighted by molar-refractivity contribution is -0.0837. The van der Waals surface area contributed by atoms with Gasteiger partial charge in [0, 0.05) is 24.1 Å². The molecule has 1 atom stereocenters. The van der Waals surface area contributed by atoms with Gasteiger partial charge in [-0.1, -0.05) is 18.9 Å². The lowest BCUT2D eigenvalue weighted by Gasteiger charge is -2.38. The zero-order valence-electron chi connectivity index (χ0n) is 10.3. The standard InChI is InChI=1S/C14H21NOS/c1-2-7-14(6-1)10-12(5-8-16-14)15-11-13-4-3-9-17-13/h3-4,9,12,15H,1-2,5-8,10-11H2. The number of ether oxygens (including phenoxy) is 1. The summed E-state index contributed by atoms with van der Waals surface area (Å²) in [7, 11) is 0. The Kier molecular flexibility index (Phi) is 3.50. The van der Waals surface area contributed by atoms with Gasteiger partial charge in [0.1, 0.15) is 0 Å². The van der Waals surface area contributed by atoms with Gasteiger partial charge in [-0.3, -0.25) is 0 Å². The van der Waals surface area contributed by atoms with Crippen LogP contribution in [-0.4, -0.2) is 18.2 Å². The first-order valence-corrected chi connectivity index (χ1v) is 7.64. The first-order chi connectivity index (χ1) is 8.36. The second kappa shape index (κ2) is 5.09. The quantitative estimate of drug-likeness (QED) is 0.889. The van der Waals surface area contributed by atoms with Gasteiger partial charge in [-0.15, -0.1) is 11.3 Å². The third kappa shape index (κ3) is 2.72. The Hall–Kier alpha value is -0.380. The van der Waals surface area contributed by atoms with E-state index in [-0.39, 0.29) is 5.60 Å². The molecule has 3 heteroatoms. The monoisotopic (exact) mass is 251 g/mol. The normalized spacial score (nSPS) is 27.6. The molecule has 1 unspecified atom stereocenters. The van der Waals surface area contributed by atoms with Crippen molar-refractivity contribution < 1.29 is 4.74 Å². The van der Waals surface area contributed by atoms with Crippen LogP contribution in [0.5, 0.6) is 0 Å². The lowest BCUT2D eigenvalue weighted by atomic mass is 9.89. The Labute approximate surface area is 107 Å². The van der Waals surface area contributed by atoms with E-state index in [0.29, 0.717) is 6.04 Å². The highest BCUT2D eigenvalue weighted by molar-refractivity contribution is 7.09. The molecule has 1 saturated carbocycles. The zero-order valence-corrected chi connectivity index (χ0v) is 11.1. The van der Waals surface area contributed by atoms with Crippen LogP contribution in [-0.2, 0) is 11.3 Å². The third-order valence-electron chi connectivity index (χ3n) is 4.15. The number of hydrogen-bond acceptors (Lipinski definition) is 3. The van der Waals surface area contributed by atoms with Crippen molar-refractivity contribution >= 4 is 11.3 Å². The van der Waals surface area contributed by atoms with Crippen LogP contribution in [0.25, 0.3) is 0 Å². The molecule has 1 aromatic heterocycles. The fraction of sp³-hybridized carbons (Fsp3) is 0.714. The minimum Gasteiger partial charge on any atom is -0.375 e. The molecule has 1 N–H and O–H groups in total. The molecule has 94 valence electrons. The van der Waals surface area contributed by atoms with Gasteiger partial charge in [-0.2, -0.15) is 0 Å². The van der Waals surface area contributed by atoms with E-state index < -0.39 is 0 Å². The molecule has 1 spiro atoms. The maximum absolute atomic E-state index is 6.06. The first-order valence-electron chi connectivity index (χ1n) is 6.76. The molecule has 2 nitrogen and oxygen atoms in total. The van der Waals surface area contributed by atoms with E-state index in [4.69, 9.17) is 4.74 Å². The Bertz CT molecular complexity index is 343. The molecule has 2 aliphatic rings. The summed E-state index contributed by atoms with van der Waals surface area (Å²) in [5.41, 5.74) is 0.241. The second-order valence-electron chi connectivity index (χ2n) is 5.39. The highest BCUT2D eigenvalue weighted by atomic mass is 32.1. The molecule has 2 heterocycles. The van der Waals surface area contributed by atoms with E-state index in [0.717, 1.165) is 13.2 Å². The van der Waals surface area contributed by atoms with Gasteiger partial charge in [0.15, 0.2) is 0 Å². The Morgan fingerprint density at radius 1 is 1.41 bits per heavy atom. The first kappa shape index (κ1) is 11.7. The molecule has 1 saturated heterocycles. The molecule has 0 radical (unpaired) electrons. The zero-order chi connectivity index (χ0) is 11.6. The van der Waals surface area contributed by atoms with Gasteiger partial charge in [-0.05, 0) is 37.1 Å². The minimum absolute atomic E-state index is 0.241. The molecule has 1 aliphatic carbocycles. The Morgan fingerprint density at radius 3 is 3.06 bits per heavy atom. The van der Waals surface area contributed by atoms with Crippen molar-refractivity contribution in [1.29, 1.82) is 0 Å². The fourth-order valence-electron chi connectivity index (χ4n) is 3.23. The summed E-state index contributed by atoms with van der Waals surface area (Å²) < 4.78 is 6.06. The molecule has 0 amide bonds. The van der Waals surface area contributed by atoms with Gasteiger partial charge in [0.25, 0.3) is 0 Å². The topological polar surface area (TPSA) is 21.3 Å². The van der Waals surface area contributed by atoms with Crippen molar-refractivity contribution in [2.45, 2.75) is 56.7 Å². The summed E-state index contributed by atoms with van der Waals surface area (Å²) in [6.45, 7) is 1.97. The predicted octanol–water partition coefficient (Wildman–Crippen LogP) is 3.33. The molecular formula is C14H21NOS. The van der Waals surface area contributed by atoms with Gasteiger partial charge >= 0.3 is 0 Å². The molecular weight excluding hydrogens is 230 g/mol. The summed E-state index contributed by atoms with van der Waals surface area (Å²) in [5, 5.41) is 5.86. The molecule has 0 aromatic carbocycles. The smallest absolute Gasteiger partial charge is 0.0697 e. The lowest BCUT2D eigenvalue weighted by Crippen LogP contribution is -2.45. The molecule has 2 fully saturated rings. The average Bonchev–Trinajstić information content (AvgIpc) is 2.99. The van der Waals surface area contributed by atoms with Crippen LogP contribution in [0.2, 0.25) is 0 Å². The van der Waals surface area contributed by atoms with Crippen molar-refractivity contribution in [3.05, 3.63) is 22.4 Å². The average molecular weight is 251 g/mol. The summed E-state index contributed by atoms with van der Waals surface area (Å²) in [5.74, 6) is 0. The largest absolute Gasteiger partial charge is 0.375 e. The number of nitrogens with one attached hydrogen (secondary N) is 1. The fourth-order valence-corrected chi connectivity index (χ4v) is 3.88. The molecule has 1 aromatic rings. The van der Waals surface area contributed by atoms with Crippen molar-refractivity contribution in [2.24, 2.45) is 0 Å². The second-order valence-corrected chi connectivity index (χ2v) is 6.42. The minimum atomic E-state index is 0.241. The predicted molar refractivity (Wildman–Crippen MR) is 71.3 cm³/mol. The number of rotatable bonds is 3. The van der Waals surface area contributed by atoms with Crippen LogP contribution in [0.1, 0.15) is 43.4 Å². The van der Waals surface area contributed by atoms with E-state index in [2.05, 4.69) is 22.8 Å². The SMILES string of the molecule is c1csc(CNC2CCOC3(CCCC3)C2)c1. The van der Waals surface area contributed by atoms with Gasteiger partial charge < -0.3 is 10.1 Å². The summed E-state index contributed by atoms with van der Waals surface area (Å²) >= 11 is 1.84. The van der Waals surface area contributed by atoms with E-state index in [1.165, 1.54) is 43.4 Å². The molecule has 0 bridgehead atoms. The highest BCUT2D eigenvalue weighted by Gasteiger charge is 2.39. The van der Waals surface area contributed by atoms with Crippen LogP contribution >= 0.6 is 11.3 Å². The van der Waals surface area contributed by atoms with Gasteiger partial charge in [0.2, 0.25) is 0 Å². The van der Waals surface area contributed by atoms with Gasteiger partial charge in [0.05, 0.1) is 5.60 Å². The summed E-state index contributed by atoms with van der Waals surface area (Å²) in [4.78, 5) is 1.44. The summed E-state index contributed by atoms with van der Waals surface area (Å²) in [6, 6.07) is 5.00. The number of hydrogen-bond donors (Lipinski definition) is 1. The molecule has 17 heavy (non-hydrogen) atoms. The highest BCUT2D eigenvalue weighted by Crippen LogP contribution is 2.39. The molecule has 1 aliphatic heterocycles. The maximum Gasteiger partial charge on any atom is 0.0697 e.